The molecule has 1 rings (SSSR count). The summed E-state index contributed by atoms with van der Waals surface area (Å²) in [5, 5.41) is 3.14. The van der Waals surface area contributed by atoms with Crippen LogP contribution in [0.1, 0.15) is 0 Å². The molecule has 1 aliphatic carbocycles. The molecule has 0 spiro atoms. The Bertz CT molecular complexity index is 365. The molecule has 3 N–H and O–H groups in total. The van der Waals surface area contributed by atoms with Gasteiger partial charge in [0.1, 0.15) is 0 Å². The monoisotopic (exact) mass is 220 g/mol. The molecule has 1 aliphatic rings. The van der Waals surface area contributed by atoms with Crippen LogP contribution in [-0.2, 0) is 9.53 Å². The molecule has 4 heteroatoms. The molecule has 4 nitrogen and oxygen atoms in total. The first-order valence-corrected chi connectivity index (χ1v) is 5.07. The predicted molar refractivity (Wildman–Crippen MR) is 63.5 cm³/mol. The van der Waals surface area contributed by atoms with Gasteiger partial charge in [0.2, 0.25) is 0 Å². The average molecular weight is 220 g/mol. The van der Waals surface area contributed by atoms with Crippen LogP contribution >= 0.6 is 0 Å². The van der Waals surface area contributed by atoms with Gasteiger partial charge in [-0.25, -0.2) is 4.79 Å². The maximum atomic E-state index is 11.3. The minimum atomic E-state index is -0.346. The molecule has 0 radical (unpaired) electrons. The SMILES string of the molecule is COC(=O)C1=C/C=C(NCCN)\C=C/C=C\1. The van der Waals surface area contributed by atoms with Gasteiger partial charge in [0.15, 0.2) is 0 Å². The number of nitrogens with one attached hydrogen (secondary N) is 1. The third-order valence-corrected chi connectivity index (χ3v) is 2.00. The predicted octanol–water partition coefficient (Wildman–Crippen LogP) is 0.644. The van der Waals surface area contributed by atoms with Crippen molar-refractivity contribution in [2.75, 3.05) is 20.2 Å². The van der Waals surface area contributed by atoms with Crippen molar-refractivity contribution in [2.45, 2.75) is 0 Å². The maximum absolute atomic E-state index is 11.3. The summed E-state index contributed by atoms with van der Waals surface area (Å²) in [7, 11) is 1.36. The molecular formula is C12H16N2O2. The van der Waals surface area contributed by atoms with E-state index in [1.165, 1.54) is 7.11 Å². The maximum Gasteiger partial charge on any atom is 0.337 e. The van der Waals surface area contributed by atoms with E-state index in [4.69, 9.17) is 5.73 Å². The van der Waals surface area contributed by atoms with Crippen LogP contribution in [0.25, 0.3) is 0 Å². The van der Waals surface area contributed by atoms with Crippen molar-refractivity contribution < 1.29 is 9.53 Å². The summed E-state index contributed by atoms with van der Waals surface area (Å²) in [5.41, 5.74) is 6.82. The number of carbonyl (C=O) groups excluding carboxylic acids is 1. The van der Waals surface area contributed by atoms with E-state index in [0.29, 0.717) is 18.7 Å². The summed E-state index contributed by atoms with van der Waals surface area (Å²) in [5.74, 6) is -0.346. The van der Waals surface area contributed by atoms with Crippen LogP contribution in [0.4, 0.5) is 0 Å². The molecule has 0 atom stereocenters. The molecular weight excluding hydrogens is 204 g/mol. The first-order valence-electron chi connectivity index (χ1n) is 5.07. The van der Waals surface area contributed by atoms with Crippen LogP contribution < -0.4 is 11.1 Å². The number of hydrogen-bond acceptors (Lipinski definition) is 4. The van der Waals surface area contributed by atoms with Gasteiger partial charge < -0.3 is 15.8 Å². The minimum absolute atomic E-state index is 0.346. The molecule has 0 aromatic rings. The van der Waals surface area contributed by atoms with Gasteiger partial charge in [-0.15, -0.1) is 0 Å². The van der Waals surface area contributed by atoms with E-state index in [9.17, 15) is 4.79 Å². The zero-order chi connectivity index (χ0) is 11.8. The fourth-order valence-electron chi connectivity index (χ4n) is 1.20. The molecule has 0 saturated heterocycles. The van der Waals surface area contributed by atoms with Crippen molar-refractivity contribution in [3.63, 3.8) is 0 Å². The Balaban J connectivity index is 2.78. The zero-order valence-electron chi connectivity index (χ0n) is 9.27. The van der Waals surface area contributed by atoms with Crippen LogP contribution in [-0.4, -0.2) is 26.2 Å². The van der Waals surface area contributed by atoms with E-state index >= 15 is 0 Å². The molecule has 0 amide bonds. The molecule has 0 aromatic carbocycles. The molecule has 0 heterocycles. The van der Waals surface area contributed by atoms with E-state index in [1.54, 1.807) is 18.2 Å². The van der Waals surface area contributed by atoms with Gasteiger partial charge in [-0.05, 0) is 24.3 Å². The lowest BCUT2D eigenvalue weighted by Crippen LogP contribution is -2.21. The highest BCUT2D eigenvalue weighted by Crippen LogP contribution is 2.06. The number of ether oxygens (including phenoxy) is 1. The molecule has 0 unspecified atom stereocenters. The number of carbonyl (C=O) groups is 1. The Hall–Kier alpha value is -1.81. The van der Waals surface area contributed by atoms with Gasteiger partial charge >= 0.3 is 5.97 Å². The standard InChI is InChI=1S/C12H16N2O2/c1-16-12(15)10-4-2-3-5-11(7-6-10)14-9-8-13/h2-7,14H,8-9,13H2,1H3/b3-2?,4-2-,5-3-,7-6?,10-4?,10-6+,11-5?,11-7+. The fourth-order valence-corrected chi connectivity index (χ4v) is 1.20. The molecule has 86 valence electrons. The molecule has 0 aliphatic heterocycles. The summed E-state index contributed by atoms with van der Waals surface area (Å²) in [6, 6.07) is 0. The van der Waals surface area contributed by atoms with E-state index in [0.717, 1.165) is 5.70 Å². The average Bonchev–Trinajstić information content (AvgIpc) is 2.27. The summed E-state index contributed by atoms with van der Waals surface area (Å²) in [6.45, 7) is 1.26. The van der Waals surface area contributed by atoms with Crippen molar-refractivity contribution in [2.24, 2.45) is 5.73 Å². The first-order chi connectivity index (χ1) is 7.77. The van der Waals surface area contributed by atoms with E-state index in [2.05, 4.69) is 10.1 Å². The summed E-state index contributed by atoms with van der Waals surface area (Å²) < 4.78 is 4.65. The van der Waals surface area contributed by atoms with E-state index < -0.39 is 0 Å². The van der Waals surface area contributed by atoms with Crippen LogP contribution in [0.3, 0.4) is 0 Å². The molecule has 0 fully saturated rings. The first kappa shape index (κ1) is 12.3. The topological polar surface area (TPSA) is 64.3 Å². The lowest BCUT2D eigenvalue weighted by atomic mass is 10.1. The smallest absolute Gasteiger partial charge is 0.337 e. The van der Waals surface area contributed by atoms with Crippen molar-refractivity contribution in [3.8, 4) is 0 Å². The summed E-state index contributed by atoms with van der Waals surface area (Å²) in [6.07, 6.45) is 10.8. The van der Waals surface area contributed by atoms with Crippen molar-refractivity contribution in [3.05, 3.63) is 47.7 Å². The number of hydrogen-bond donors (Lipinski definition) is 2. The van der Waals surface area contributed by atoms with E-state index in [-0.39, 0.29) is 5.97 Å². The normalized spacial score (nSPS) is 25.1. The number of rotatable bonds is 4. The van der Waals surface area contributed by atoms with Gasteiger partial charge in [0.25, 0.3) is 0 Å². The number of nitrogens with two attached hydrogens (primary N) is 1. The minimum Gasteiger partial charge on any atom is -0.465 e. The van der Waals surface area contributed by atoms with Crippen LogP contribution in [0, 0.1) is 0 Å². The third-order valence-electron chi connectivity index (χ3n) is 2.00. The van der Waals surface area contributed by atoms with Gasteiger partial charge in [-0.2, -0.15) is 0 Å². The van der Waals surface area contributed by atoms with Crippen molar-refractivity contribution in [1.82, 2.24) is 5.32 Å². The second-order valence-corrected chi connectivity index (χ2v) is 3.17. The molecule has 0 saturated carbocycles. The number of methoxy groups -OCH3 is 1. The third kappa shape index (κ3) is 3.74. The van der Waals surface area contributed by atoms with Gasteiger partial charge in [0.05, 0.1) is 12.7 Å². The lowest BCUT2D eigenvalue weighted by molar-refractivity contribution is -0.135. The quantitative estimate of drug-likeness (QED) is 0.683. The van der Waals surface area contributed by atoms with Crippen molar-refractivity contribution >= 4 is 5.97 Å². The second kappa shape index (κ2) is 6.63. The Kier molecular flexibility index (Phi) is 5.08. The highest BCUT2D eigenvalue weighted by molar-refractivity contribution is 5.92. The number of esters is 1. The Morgan fingerprint density at radius 2 is 2.12 bits per heavy atom. The van der Waals surface area contributed by atoms with Gasteiger partial charge in [-0.3, -0.25) is 0 Å². The Labute approximate surface area is 95.2 Å². The summed E-state index contributed by atoms with van der Waals surface area (Å²) in [4.78, 5) is 11.3. The highest BCUT2D eigenvalue weighted by Gasteiger charge is 2.04. The van der Waals surface area contributed by atoms with Gasteiger partial charge in [0, 0.05) is 18.8 Å². The largest absolute Gasteiger partial charge is 0.465 e. The lowest BCUT2D eigenvalue weighted by Gasteiger charge is -2.06. The van der Waals surface area contributed by atoms with Crippen LogP contribution in [0.15, 0.2) is 47.7 Å². The van der Waals surface area contributed by atoms with E-state index in [1.807, 2.05) is 18.2 Å². The van der Waals surface area contributed by atoms with Crippen LogP contribution in [0.5, 0.6) is 0 Å². The van der Waals surface area contributed by atoms with Crippen molar-refractivity contribution in [1.29, 1.82) is 0 Å². The summed E-state index contributed by atoms with van der Waals surface area (Å²) >= 11 is 0. The Morgan fingerprint density at radius 3 is 2.81 bits per heavy atom. The number of allylic oxidation sites excluding steroid dienone is 5. The Morgan fingerprint density at radius 1 is 1.38 bits per heavy atom. The molecule has 16 heavy (non-hydrogen) atoms. The molecule has 0 aromatic heterocycles. The second-order valence-electron chi connectivity index (χ2n) is 3.17. The zero-order valence-corrected chi connectivity index (χ0v) is 9.27. The molecule has 0 bridgehead atoms. The highest BCUT2D eigenvalue weighted by atomic mass is 16.5. The fraction of sp³-hybridized carbons (Fsp3) is 0.250. The van der Waals surface area contributed by atoms with Crippen LogP contribution in [0.2, 0.25) is 0 Å². The van der Waals surface area contributed by atoms with Gasteiger partial charge in [-0.1, -0.05) is 12.2 Å².